The summed E-state index contributed by atoms with van der Waals surface area (Å²) in [5.41, 5.74) is 7.55. The summed E-state index contributed by atoms with van der Waals surface area (Å²) in [4.78, 5) is 5.89. The Morgan fingerprint density at radius 2 is 2.14 bits per heavy atom. The van der Waals surface area contributed by atoms with Crippen LogP contribution in [0.5, 0.6) is 5.75 Å². The number of pyridine rings is 1. The second-order valence-corrected chi connectivity index (χ2v) is 5.04. The molecule has 0 saturated carbocycles. The van der Waals surface area contributed by atoms with E-state index in [0.29, 0.717) is 23.6 Å². The van der Waals surface area contributed by atoms with Crippen molar-refractivity contribution in [3.63, 3.8) is 0 Å². The highest BCUT2D eigenvalue weighted by molar-refractivity contribution is 5.35. The van der Waals surface area contributed by atoms with E-state index in [1.165, 1.54) is 6.07 Å². The molecule has 0 saturated heterocycles. The van der Waals surface area contributed by atoms with Gasteiger partial charge in [-0.2, -0.15) is 5.10 Å². The number of nitrogens with zero attached hydrogens (tertiary/aromatic N) is 4. The Labute approximate surface area is 123 Å². The van der Waals surface area contributed by atoms with Crippen molar-refractivity contribution in [2.45, 2.75) is 12.6 Å². The van der Waals surface area contributed by atoms with Gasteiger partial charge in [0.25, 0.3) is 0 Å². The summed E-state index contributed by atoms with van der Waals surface area (Å²) in [5.74, 6) is 0.173. The van der Waals surface area contributed by atoms with Crippen molar-refractivity contribution >= 4 is 0 Å². The van der Waals surface area contributed by atoms with E-state index in [4.69, 9.17) is 10.5 Å². The van der Waals surface area contributed by atoms with Gasteiger partial charge in [0.15, 0.2) is 5.75 Å². The van der Waals surface area contributed by atoms with Crippen LogP contribution < -0.4 is 10.5 Å². The molecule has 2 rings (SSSR count). The van der Waals surface area contributed by atoms with Crippen LogP contribution in [0.1, 0.15) is 17.3 Å². The fraction of sp³-hybridized carbons (Fsp3) is 0.429. The van der Waals surface area contributed by atoms with Crippen LogP contribution in [-0.4, -0.2) is 47.4 Å². The largest absolute Gasteiger partial charge is 0.493 e. The zero-order valence-electron chi connectivity index (χ0n) is 12.5. The molecule has 2 heterocycles. The number of rotatable bonds is 6. The summed E-state index contributed by atoms with van der Waals surface area (Å²) in [5, 5.41) is 4.30. The monoisotopic (exact) mass is 293 g/mol. The predicted molar refractivity (Wildman–Crippen MR) is 77.6 cm³/mol. The molecule has 21 heavy (non-hydrogen) atoms. The van der Waals surface area contributed by atoms with Gasteiger partial charge in [-0.25, -0.2) is 4.39 Å². The summed E-state index contributed by atoms with van der Waals surface area (Å²) < 4.78 is 20.4. The Hall–Kier alpha value is -1.99. The number of hydrogen-bond donors (Lipinski definition) is 1. The van der Waals surface area contributed by atoms with Crippen molar-refractivity contribution in [1.82, 2.24) is 19.7 Å². The summed E-state index contributed by atoms with van der Waals surface area (Å²) in [6.07, 6.45) is 4.32. The van der Waals surface area contributed by atoms with Gasteiger partial charge in [0.1, 0.15) is 11.5 Å². The number of ether oxygens (including phenoxy) is 1. The number of aromatic nitrogens is 3. The maximum atomic E-state index is 13.3. The number of methoxy groups -OCH3 is 1. The van der Waals surface area contributed by atoms with Gasteiger partial charge in [0.05, 0.1) is 32.1 Å². The Bertz CT molecular complexity index is 599. The van der Waals surface area contributed by atoms with E-state index in [1.54, 1.807) is 24.2 Å². The van der Waals surface area contributed by atoms with Crippen LogP contribution in [0.2, 0.25) is 0 Å². The van der Waals surface area contributed by atoms with Gasteiger partial charge in [-0.1, -0.05) is 0 Å². The third kappa shape index (κ3) is 3.56. The van der Waals surface area contributed by atoms with E-state index in [1.807, 2.05) is 19.0 Å². The molecule has 2 aromatic heterocycles. The summed E-state index contributed by atoms with van der Waals surface area (Å²) >= 11 is 0. The van der Waals surface area contributed by atoms with Crippen LogP contribution >= 0.6 is 0 Å². The number of likely N-dealkylation sites (N-methyl/N-ethyl adjacent to an activating group) is 1. The molecule has 0 aliphatic rings. The van der Waals surface area contributed by atoms with Gasteiger partial charge in [0.2, 0.25) is 0 Å². The summed E-state index contributed by atoms with van der Waals surface area (Å²) in [6.45, 7) is 1.48. The smallest absolute Gasteiger partial charge is 0.161 e. The van der Waals surface area contributed by atoms with Crippen LogP contribution in [0.25, 0.3) is 0 Å². The molecule has 114 valence electrons. The SMILES string of the molecule is COc1cnn(CCN(C)C)c1C(N)c1cncc(F)c1. The van der Waals surface area contributed by atoms with E-state index in [9.17, 15) is 4.39 Å². The molecule has 2 aromatic rings. The van der Waals surface area contributed by atoms with Gasteiger partial charge in [-0.3, -0.25) is 9.67 Å². The van der Waals surface area contributed by atoms with Gasteiger partial charge >= 0.3 is 0 Å². The standard InChI is InChI=1S/C14H20FN5O/c1-19(2)4-5-20-14(12(21-3)9-18-20)13(16)10-6-11(15)8-17-7-10/h6-9,13H,4-5,16H2,1-3H3. The maximum Gasteiger partial charge on any atom is 0.161 e. The Kier molecular flexibility index (Phi) is 4.87. The number of hydrogen-bond acceptors (Lipinski definition) is 5. The quantitative estimate of drug-likeness (QED) is 0.861. The van der Waals surface area contributed by atoms with Gasteiger partial charge < -0.3 is 15.4 Å². The van der Waals surface area contributed by atoms with Crippen molar-refractivity contribution in [3.8, 4) is 5.75 Å². The fourth-order valence-corrected chi connectivity index (χ4v) is 2.08. The molecule has 7 heteroatoms. The first-order valence-electron chi connectivity index (χ1n) is 6.63. The van der Waals surface area contributed by atoms with Crippen LogP contribution in [0.4, 0.5) is 4.39 Å². The second-order valence-electron chi connectivity index (χ2n) is 5.04. The maximum absolute atomic E-state index is 13.3. The Morgan fingerprint density at radius 3 is 2.76 bits per heavy atom. The van der Waals surface area contributed by atoms with Crippen molar-refractivity contribution in [2.24, 2.45) is 5.73 Å². The molecule has 0 aliphatic carbocycles. The molecule has 0 radical (unpaired) electrons. The lowest BCUT2D eigenvalue weighted by atomic mass is 10.1. The van der Waals surface area contributed by atoms with Crippen molar-refractivity contribution in [3.05, 3.63) is 41.7 Å². The Morgan fingerprint density at radius 1 is 1.38 bits per heavy atom. The van der Waals surface area contributed by atoms with Crippen LogP contribution in [0.15, 0.2) is 24.7 Å². The Balaban J connectivity index is 2.34. The molecule has 0 spiro atoms. The van der Waals surface area contributed by atoms with E-state index in [2.05, 4.69) is 10.1 Å². The number of nitrogens with two attached hydrogens (primary N) is 1. The molecule has 2 N–H and O–H groups in total. The zero-order chi connectivity index (χ0) is 15.4. The van der Waals surface area contributed by atoms with Gasteiger partial charge in [0, 0.05) is 12.7 Å². The molecule has 6 nitrogen and oxygen atoms in total. The zero-order valence-corrected chi connectivity index (χ0v) is 12.5. The number of halogens is 1. The van der Waals surface area contributed by atoms with E-state index in [-0.39, 0.29) is 0 Å². The highest BCUT2D eigenvalue weighted by atomic mass is 19.1. The molecular formula is C14H20FN5O. The third-order valence-electron chi connectivity index (χ3n) is 3.20. The first-order chi connectivity index (χ1) is 10.0. The second kappa shape index (κ2) is 6.64. The minimum absolute atomic E-state index is 0.415. The normalized spacial score (nSPS) is 12.7. The first-order valence-corrected chi connectivity index (χ1v) is 6.63. The highest BCUT2D eigenvalue weighted by Gasteiger charge is 2.21. The molecule has 1 unspecified atom stereocenters. The molecule has 0 fully saturated rings. The lowest BCUT2D eigenvalue weighted by molar-refractivity contribution is 0.363. The molecule has 0 amide bonds. The first kappa shape index (κ1) is 15.4. The van der Waals surface area contributed by atoms with Crippen LogP contribution in [-0.2, 0) is 6.54 Å². The van der Waals surface area contributed by atoms with Gasteiger partial charge in [-0.05, 0) is 25.7 Å². The minimum Gasteiger partial charge on any atom is -0.493 e. The topological polar surface area (TPSA) is 69.2 Å². The predicted octanol–water partition coefficient (Wildman–Crippen LogP) is 1.04. The van der Waals surface area contributed by atoms with E-state index in [0.717, 1.165) is 12.7 Å². The average Bonchev–Trinajstić information content (AvgIpc) is 2.87. The lowest BCUT2D eigenvalue weighted by Gasteiger charge is -2.17. The third-order valence-corrected chi connectivity index (χ3v) is 3.20. The molecule has 0 aromatic carbocycles. The van der Waals surface area contributed by atoms with Gasteiger partial charge in [-0.15, -0.1) is 0 Å². The highest BCUT2D eigenvalue weighted by Crippen LogP contribution is 2.28. The minimum atomic E-state index is -0.548. The molecule has 0 aliphatic heterocycles. The molecule has 1 atom stereocenters. The fourth-order valence-electron chi connectivity index (χ4n) is 2.08. The summed E-state index contributed by atoms with van der Waals surface area (Å²) in [6, 6.07) is 0.827. The van der Waals surface area contributed by atoms with Crippen molar-refractivity contribution in [1.29, 1.82) is 0 Å². The van der Waals surface area contributed by atoms with E-state index >= 15 is 0 Å². The van der Waals surface area contributed by atoms with E-state index < -0.39 is 11.9 Å². The van der Waals surface area contributed by atoms with Crippen molar-refractivity contribution in [2.75, 3.05) is 27.7 Å². The summed E-state index contributed by atoms with van der Waals surface area (Å²) in [7, 11) is 5.53. The van der Waals surface area contributed by atoms with Crippen molar-refractivity contribution < 1.29 is 9.13 Å². The lowest BCUT2D eigenvalue weighted by Crippen LogP contribution is -2.23. The molecule has 0 bridgehead atoms. The van der Waals surface area contributed by atoms with Crippen LogP contribution in [0, 0.1) is 5.82 Å². The molecular weight excluding hydrogens is 273 g/mol. The average molecular weight is 293 g/mol. The van der Waals surface area contributed by atoms with Crippen LogP contribution in [0.3, 0.4) is 0 Å².